The minimum Gasteiger partial charge on any atom is -0.480 e. The summed E-state index contributed by atoms with van der Waals surface area (Å²) in [5.41, 5.74) is -1.14. The van der Waals surface area contributed by atoms with Crippen LogP contribution in [0.2, 0.25) is 0 Å². The second kappa shape index (κ2) is 5.14. The zero-order valence-electron chi connectivity index (χ0n) is 11.0. The van der Waals surface area contributed by atoms with Gasteiger partial charge >= 0.3 is 5.97 Å². The topological polar surface area (TPSA) is 83.5 Å². The molecule has 1 saturated carbocycles. The van der Waals surface area contributed by atoms with Crippen LogP contribution < -0.4 is 4.72 Å². The summed E-state index contributed by atoms with van der Waals surface area (Å²) in [6, 6.07) is 3.53. The van der Waals surface area contributed by atoms with E-state index in [0.29, 0.717) is 18.4 Å². The Kier molecular flexibility index (Phi) is 3.84. The lowest BCUT2D eigenvalue weighted by atomic mass is 10.0. The molecule has 1 aliphatic carbocycles. The van der Waals surface area contributed by atoms with Crippen molar-refractivity contribution in [1.29, 1.82) is 0 Å². The molecule has 0 spiro atoms. The van der Waals surface area contributed by atoms with Crippen LogP contribution in [0.15, 0.2) is 23.1 Å². The van der Waals surface area contributed by atoms with Gasteiger partial charge in [-0.15, -0.1) is 0 Å². The minimum absolute atomic E-state index is 0.246. The minimum atomic E-state index is -4.06. The first-order chi connectivity index (χ1) is 9.27. The van der Waals surface area contributed by atoms with Crippen LogP contribution in [-0.2, 0) is 14.8 Å². The number of sulfonamides is 1. The van der Waals surface area contributed by atoms with Crippen molar-refractivity contribution >= 4 is 16.0 Å². The highest BCUT2D eigenvalue weighted by Crippen LogP contribution is 2.31. The molecule has 1 aromatic rings. The number of aliphatic carboxylic acids is 1. The summed E-state index contributed by atoms with van der Waals surface area (Å²) in [5.74, 6) is -1.82. The lowest BCUT2D eigenvalue weighted by Gasteiger charge is -2.25. The molecule has 1 aliphatic rings. The second-order valence-electron chi connectivity index (χ2n) is 5.11. The summed E-state index contributed by atoms with van der Waals surface area (Å²) in [5, 5.41) is 9.27. The molecule has 0 atom stereocenters. The molecular weight excluding hydrogens is 285 g/mol. The fourth-order valence-electron chi connectivity index (χ4n) is 2.40. The molecule has 5 nitrogen and oxygen atoms in total. The van der Waals surface area contributed by atoms with E-state index in [-0.39, 0.29) is 17.7 Å². The van der Waals surface area contributed by atoms with Crippen molar-refractivity contribution in [1.82, 2.24) is 4.72 Å². The van der Waals surface area contributed by atoms with Gasteiger partial charge in [-0.3, -0.25) is 4.79 Å². The van der Waals surface area contributed by atoms with Crippen LogP contribution in [-0.4, -0.2) is 25.0 Å². The third-order valence-corrected chi connectivity index (χ3v) is 5.18. The number of benzene rings is 1. The van der Waals surface area contributed by atoms with E-state index in [1.807, 2.05) is 0 Å². The predicted octanol–water partition coefficient (Wildman–Crippen LogP) is 1.81. The van der Waals surface area contributed by atoms with Gasteiger partial charge in [0.05, 0.1) is 4.90 Å². The first-order valence-corrected chi connectivity index (χ1v) is 7.79. The number of hydrogen-bond acceptors (Lipinski definition) is 3. The molecule has 0 amide bonds. The van der Waals surface area contributed by atoms with Crippen molar-refractivity contribution in [2.45, 2.75) is 43.0 Å². The van der Waals surface area contributed by atoms with Crippen LogP contribution >= 0.6 is 0 Å². The summed E-state index contributed by atoms with van der Waals surface area (Å²) < 4.78 is 40.1. The molecule has 0 aromatic heterocycles. The average Bonchev–Trinajstić information content (AvgIpc) is 2.81. The Hall–Kier alpha value is -1.47. The lowest BCUT2D eigenvalue weighted by molar-refractivity contribution is -0.143. The standard InChI is InChI=1S/C13H16FNO4S/c1-9-4-5-10(8-11(9)14)20(18,19)15-13(12(16)17)6-2-3-7-13/h4-5,8,15H,2-3,6-7H2,1H3,(H,16,17). The maximum absolute atomic E-state index is 13.5. The molecule has 0 heterocycles. The number of carboxylic acids is 1. The molecule has 0 unspecified atom stereocenters. The molecule has 1 fully saturated rings. The van der Waals surface area contributed by atoms with Crippen LogP contribution in [0, 0.1) is 12.7 Å². The van der Waals surface area contributed by atoms with E-state index in [1.165, 1.54) is 19.1 Å². The predicted molar refractivity (Wildman–Crippen MR) is 70.3 cm³/mol. The highest BCUT2D eigenvalue weighted by atomic mass is 32.2. The lowest BCUT2D eigenvalue weighted by Crippen LogP contribution is -2.52. The molecule has 0 radical (unpaired) electrons. The Balaban J connectivity index is 2.35. The highest BCUT2D eigenvalue weighted by molar-refractivity contribution is 7.89. The van der Waals surface area contributed by atoms with Crippen LogP contribution in [0.1, 0.15) is 31.2 Å². The van der Waals surface area contributed by atoms with Gasteiger partial charge in [-0.1, -0.05) is 18.9 Å². The number of hydrogen-bond donors (Lipinski definition) is 2. The number of halogens is 1. The molecule has 2 N–H and O–H groups in total. The van der Waals surface area contributed by atoms with Crippen molar-refractivity contribution in [3.05, 3.63) is 29.6 Å². The van der Waals surface area contributed by atoms with E-state index in [1.54, 1.807) is 0 Å². The molecule has 2 rings (SSSR count). The highest BCUT2D eigenvalue weighted by Gasteiger charge is 2.44. The van der Waals surface area contributed by atoms with E-state index >= 15 is 0 Å². The maximum atomic E-state index is 13.5. The van der Waals surface area contributed by atoms with Crippen LogP contribution in [0.3, 0.4) is 0 Å². The smallest absolute Gasteiger partial charge is 0.324 e. The van der Waals surface area contributed by atoms with Gasteiger partial charge in [0.15, 0.2) is 0 Å². The number of carboxylic acid groups (broad SMARTS) is 1. The van der Waals surface area contributed by atoms with E-state index in [4.69, 9.17) is 0 Å². The molecule has 1 aromatic carbocycles. The van der Waals surface area contributed by atoms with Gasteiger partial charge in [-0.05, 0) is 37.5 Å². The Morgan fingerprint density at radius 1 is 1.35 bits per heavy atom. The third-order valence-electron chi connectivity index (χ3n) is 3.65. The van der Waals surface area contributed by atoms with E-state index in [9.17, 15) is 22.7 Å². The zero-order valence-corrected chi connectivity index (χ0v) is 11.8. The molecular formula is C13H16FNO4S. The first-order valence-electron chi connectivity index (χ1n) is 6.30. The van der Waals surface area contributed by atoms with Gasteiger partial charge < -0.3 is 5.11 Å². The quantitative estimate of drug-likeness (QED) is 0.888. The van der Waals surface area contributed by atoms with E-state index in [2.05, 4.69) is 4.72 Å². The molecule has 0 saturated heterocycles. The molecule has 20 heavy (non-hydrogen) atoms. The normalized spacial score (nSPS) is 18.1. The van der Waals surface area contributed by atoms with Crippen LogP contribution in [0.25, 0.3) is 0 Å². The summed E-state index contributed by atoms with van der Waals surface area (Å²) >= 11 is 0. The number of rotatable bonds is 4. The maximum Gasteiger partial charge on any atom is 0.324 e. The average molecular weight is 301 g/mol. The second-order valence-corrected chi connectivity index (χ2v) is 6.79. The molecule has 0 bridgehead atoms. The van der Waals surface area contributed by atoms with E-state index < -0.39 is 27.3 Å². The van der Waals surface area contributed by atoms with Crippen LogP contribution in [0.5, 0.6) is 0 Å². The van der Waals surface area contributed by atoms with Gasteiger partial charge in [0.2, 0.25) is 10.0 Å². The molecule has 110 valence electrons. The van der Waals surface area contributed by atoms with Crippen molar-refractivity contribution in [3.8, 4) is 0 Å². The first kappa shape index (κ1) is 14.9. The Morgan fingerprint density at radius 3 is 2.45 bits per heavy atom. The van der Waals surface area contributed by atoms with Crippen molar-refractivity contribution < 1.29 is 22.7 Å². The van der Waals surface area contributed by atoms with Gasteiger partial charge in [-0.25, -0.2) is 12.8 Å². The largest absolute Gasteiger partial charge is 0.480 e. The van der Waals surface area contributed by atoms with Crippen LogP contribution in [0.4, 0.5) is 4.39 Å². The SMILES string of the molecule is Cc1ccc(S(=O)(=O)NC2(C(=O)O)CCCC2)cc1F. The van der Waals surface area contributed by atoms with Gasteiger partial charge in [0.1, 0.15) is 11.4 Å². The Bertz CT molecular complexity index is 636. The van der Waals surface area contributed by atoms with Gasteiger partial charge in [-0.2, -0.15) is 4.72 Å². The molecule has 0 aliphatic heterocycles. The van der Waals surface area contributed by atoms with Crippen molar-refractivity contribution in [3.63, 3.8) is 0 Å². The van der Waals surface area contributed by atoms with Crippen molar-refractivity contribution in [2.75, 3.05) is 0 Å². The van der Waals surface area contributed by atoms with Crippen molar-refractivity contribution in [2.24, 2.45) is 0 Å². The third kappa shape index (κ3) is 2.69. The fraction of sp³-hybridized carbons (Fsp3) is 0.462. The Morgan fingerprint density at radius 2 is 1.95 bits per heavy atom. The monoisotopic (exact) mass is 301 g/mol. The van der Waals surface area contributed by atoms with Gasteiger partial charge in [0.25, 0.3) is 0 Å². The number of nitrogens with one attached hydrogen (secondary N) is 1. The van der Waals surface area contributed by atoms with Gasteiger partial charge in [0, 0.05) is 0 Å². The summed E-state index contributed by atoms with van der Waals surface area (Å²) in [6.07, 6.45) is 1.79. The zero-order chi connectivity index (χ0) is 15.0. The summed E-state index contributed by atoms with van der Waals surface area (Å²) in [4.78, 5) is 11.1. The summed E-state index contributed by atoms with van der Waals surface area (Å²) in [7, 11) is -4.06. The number of aryl methyl sites for hydroxylation is 1. The molecule has 7 heteroatoms. The summed E-state index contributed by atoms with van der Waals surface area (Å²) in [6.45, 7) is 1.52. The van der Waals surface area contributed by atoms with E-state index in [0.717, 1.165) is 6.07 Å². The number of carbonyl (C=O) groups is 1. The Labute approximate surface area is 116 Å². The fourth-order valence-corrected chi connectivity index (χ4v) is 3.82.